The third-order valence-electron chi connectivity index (χ3n) is 6.49. The highest BCUT2D eigenvalue weighted by Crippen LogP contribution is 2.34. The van der Waals surface area contributed by atoms with Crippen LogP contribution in [0.25, 0.3) is 11.0 Å². The lowest BCUT2D eigenvalue weighted by atomic mass is 10.0. The summed E-state index contributed by atoms with van der Waals surface area (Å²) in [5, 5.41) is 2.15. The minimum atomic E-state index is -3.81. The highest BCUT2D eigenvalue weighted by Gasteiger charge is 2.32. The first kappa shape index (κ1) is 23.7. The summed E-state index contributed by atoms with van der Waals surface area (Å²) in [6.07, 6.45) is 3.70. The summed E-state index contributed by atoms with van der Waals surface area (Å²) in [6, 6.07) is 9.26. The van der Waals surface area contributed by atoms with Crippen molar-refractivity contribution in [1.29, 1.82) is 0 Å². The summed E-state index contributed by atoms with van der Waals surface area (Å²) in [4.78, 5) is 37.7. The molecule has 2 aromatic carbocycles. The molecule has 1 saturated carbocycles. The third kappa shape index (κ3) is 4.13. The number of hydrogen-bond donors (Lipinski definition) is 1. The van der Waals surface area contributed by atoms with Gasteiger partial charge in [0.25, 0.3) is 5.91 Å². The van der Waals surface area contributed by atoms with Crippen molar-refractivity contribution in [1.82, 2.24) is 9.13 Å². The van der Waals surface area contributed by atoms with Crippen LogP contribution in [0.15, 0.2) is 50.9 Å². The van der Waals surface area contributed by atoms with Gasteiger partial charge in [-0.2, -0.15) is 0 Å². The Hall–Kier alpha value is -3.40. The van der Waals surface area contributed by atoms with Gasteiger partial charge in [0.05, 0.1) is 34.0 Å². The minimum Gasteiger partial charge on any atom is -0.497 e. The van der Waals surface area contributed by atoms with Gasteiger partial charge in [0.2, 0.25) is 0 Å². The zero-order valence-corrected chi connectivity index (χ0v) is 20.1. The van der Waals surface area contributed by atoms with Crippen LogP contribution in [-0.2, 0) is 23.9 Å². The van der Waals surface area contributed by atoms with E-state index in [-0.39, 0.29) is 10.6 Å². The highest BCUT2D eigenvalue weighted by atomic mass is 32.2. The molecule has 1 aliphatic rings. The summed E-state index contributed by atoms with van der Waals surface area (Å²) in [7, 11) is 0.575. The zero-order chi connectivity index (χ0) is 24.6. The summed E-state index contributed by atoms with van der Waals surface area (Å²) < 4.78 is 34.8. The average Bonchev–Trinajstić information content (AvgIpc) is 2.86. The second kappa shape index (κ2) is 9.09. The number of aromatic nitrogens is 2. The molecular weight excluding hydrogens is 458 g/mol. The van der Waals surface area contributed by atoms with Crippen LogP contribution in [0.3, 0.4) is 0 Å². The van der Waals surface area contributed by atoms with E-state index in [1.54, 1.807) is 24.3 Å². The molecule has 0 atom stereocenters. The molecule has 180 valence electrons. The van der Waals surface area contributed by atoms with E-state index in [4.69, 9.17) is 4.74 Å². The molecule has 0 aliphatic heterocycles. The van der Waals surface area contributed by atoms with Crippen LogP contribution < -0.4 is 21.2 Å². The summed E-state index contributed by atoms with van der Waals surface area (Å²) >= 11 is 0. The lowest BCUT2D eigenvalue weighted by Gasteiger charge is -2.24. The molecule has 9 nitrogen and oxygen atoms in total. The maximum Gasteiger partial charge on any atom is 0.316 e. The molecule has 0 spiro atoms. The Kier molecular flexibility index (Phi) is 6.35. The number of sulfone groups is 1. The number of ether oxygens (including phenoxy) is 1. The number of hydrogen-bond acceptors (Lipinski definition) is 6. The van der Waals surface area contributed by atoms with Crippen LogP contribution in [-0.4, -0.2) is 35.8 Å². The summed E-state index contributed by atoms with van der Waals surface area (Å²) in [5.74, 6) is 0.0793. The van der Waals surface area contributed by atoms with Crippen molar-refractivity contribution >= 4 is 32.5 Å². The smallest absolute Gasteiger partial charge is 0.316 e. The van der Waals surface area contributed by atoms with Gasteiger partial charge in [-0.15, -0.1) is 0 Å². The maximum atomic E-state index is 13.7. The molecule has 0 saturated heterocycles. The lowest BCUT2D eigenvalue weighted by Crippen LogP contribution is -2.39. The fraction of sp³-hybridized carbons (Fsp3) is 0.375. The molecule has 10 heteroatoms. The molecule has 4 rings (SSSR count). The van der Waals surface area contributed by atoms with Crippen molar-refractivity contribution in [2.24, 2.45) is 14.1 Å². The second-order valence-electron chi connectivity index (χ2n) is 8.55. The number of methoxy groups -OCH3 is 1. The molecule has 1 aromatic heterocycles. The maximum absolute atomic E-state index is 13.7. The molecule has 0 unspecified atom stereocenters. The predicted molar refractivity (Wildman–Crippen MR) is 129 cm³/mol. The van der Waals surface area contributed by atoms with Gasteiger partial charge in [0.1, 0.15) is 5.75 Å². The number of carbonyl (C=O) groups excluding carboxylic acids is 1. The summed E-state index contributed by atoms with van der Waals surface area (Å²) in [5.41, 5.74) is -0.483. The number of anilines is 1. The van der Waals surface area contributed by atoms with Crippen molar-refractivity contribution in [2.45, 2.75) is 42.2 Å². The van der Waals surface area contributed by atoms with Crippen molar-refractivity contribution in [3.05, 3.63) is 62.7 Å². The molecule has 0 bridgehead atoms. The number of nitrogens with one attached hydrogen (secondary N) is 1. The predicted octanol–water partition coefficient (Wildman–Crippen LogP) is 2.60. The Morgan fingerprint density at radius 2 is 1.50 bits per heavy atom. The van der Waals surface area contributed by atoms with Gasteiger partial charge in [0, 0.05) is 19.7 Å². The largest absolute Gasteiger partial charge is 0.497 e. The quantitative estimate of drug-likeness (QED) is 0.556. The molecule has 3 aromatic rings. The van der Waals surface area contributed by atoms with Crippen molar-refractivity contribution in [2.75, 3.05) is 12.4 Å². The van der Waals surface area contributed by atoms with Crippen LogP contribution >= 0.6 is 0 Å². The van der Waals surface area contributed by atoms with Crippen molar-refractivity contribution in [3.8, 4) is 5.75 Å². The fourth-order valence-electron chi connectivity index (χ4n) is 4.43. The Balaban J connectivity index is 1.90. The van der Waals surface area contributed by atoms with Crippen LogP contribution in [0.5, 0.6) is 5.75 Å². The topological polar surface area (TPSA) is 116 Å². The molecule has 0 radical (unpaired) electrons. The van der Waals surface area contributed by atoms with E-state index in [9.17, 15) is 22.8 Å². The molecule has 1 N–H and O–H groups in total. The van der Waals surface area contributed by atoms with E-state index < -0.39 is 32.1 Å². The number of rotatable bonds is 5. The summed E-state index contributed by atoms with van der Waals surface area (Å²) in [6.45, 7) is 0. The number of fused-ring (bicyclic) bond motifs is 1. The molecule has 1 fully saturated rings. The molecule has 1 aliphatic carbocycles. The number of carbonyl (C=O) groups is 1. The normalized spacial score (nSPS) is 14.8. The van der Waals surface area contributed by atoms with Gasteiger partial charge in [-0.3, -0.25) is 14.4 Å². The SMILES string of the molecule is COc1ccc(C(=O)Nc2cc3c(cc2S(=O)(=O)C2CCCCC2)n(C)c(=O)c(=O)n3C)cc1. The van der Waals surface area contributed by atoms with E-state index in [0.29, 0.717) is 35.2 Å². The highest BCUT2D eigenvalue weighted by molar-refractivity contribution is 7.92. The van der Waals surface area contributed by atoms with Gasteiger partial charge in [-0.1, -0.05) is 19.3 Å². The second-order valence-corrected chi connectivity index (χ2v) is 10.7. The Labute approximate surface area is 196 Å². The van der Waals surface area contributed by atoms with Gasteiger partial charge >= 0.3 is 11.1 Å². The van der Waals surface area contributed by atoms with E-state index in [1.165, 1.54) is 33.3 Å². The van der Waals surface area contributed by atoms with Crippen molar-refractivity contribution < 1.29 is 17.9 Å². The van der Waals surface area contributed by atoms with Crippen molar-refractivity contribution in [3.63, 3.8) is 0 Å². The van der Waals surface area contributed by atoms with Gasteiger partial charge in [-0.25, -0.2) is 8.42 Å². The first-order valence-electron chi connectivity index (χ1n) is 11.1. The van der Waals surface area contributed by atoms with E-state index >= 15 is 0 Å². The van der Waals surface area contributed by atoms with Gasteiger partial charge in [0.15, 0.2) is 9.84 Å². The number of amides is 1. The number of aryl methyl sites for hydroxylation is 2. The van der Waals surface area contributed by atoms with Crippen LogP contribution in [0, 0.1) is 0 Å². The fourth-order valence-corrected chi connectivity index (χ4v) is 6.43. The molecular formula is C24H27N3O6S. The number of benzene rings is 2. The van der Waals surface area contributed by atoms with Crippen LogP contribution in [0.1, 0.15) is 42.5 Å². The van der Waals surface area contributed by atoms with E-state index in [1.807, 2.05) is 0 Å². The zero-order valence-electron chi connectivity index (χ0n) is 19.3. The lowest BCUT2D eigenvalue weighted by molar-refractivity contribution is 0.102. The third-order valence-corrected chi connectivity index (χ3v) is 8.79. The first-order chi connectivity index (χ1) is 16.1. The molecule has 34 heavy (non-hydrogen) atoms. The average molecular weight is 486 g/mol. The Morgan fingerprint density at radius 1 is 0.941 bits per heavy atom. The first-order valence-corrected chi connectivity index (χ1v) is 12.6. The van der Waals surface area contributed by atoms with Crippen LogP contribution in [0.2, 0.25) is 0 Å². The Morgan fingerprint density at radius 3 is 2.06 bits per heavy atom. The van der Waals surface area contributed by atoms with Gasteiger partial charge < -0.3 is 19.2 Å². The molecule has 1 heterocycles. The standard InChI is InChI=1S/C24H27N3O6S/c1-26-19-13-18(25-22(28)15-9-11-16(33-3)12-10-15)21(14-20(19)27(2)24(30)23(26)29)34(31,32)17-7-5-4-6-8-17/h9-14,17H,4-8H2,1-3H3,(H,25,28). The Bertz CT molecular complexity index is 1480. The monoisotopic (exact) mass is 485 g/mol. The van der Waals surface area contributed by atoms with Crippen LogP contribution in [0.4, 0.5) is 5.69 Å². The molecule has 1 amide bonds. The minimum absolute atomic E-state index is 0.0533. The van der Waals surface area contributed by atoms with E-state index in [2.05, 4.69) is 5.32 Å². The van der Waals surface area contributed by atoms with E-state index in [0.717, 1.165) is 28.4 Å². The van der Waals surface area contributed by atoms with Gasteiger partial charge in [-0.05, 0) is 49.2 Å². The number of nitrogens with zero attached hydrogens (tertiary/aromatic N) is 2.